The predicted molar refractivity (Wildman–Crippen MR) is 50.2 cm³/mol. The summed E-state index contributed by atoms with van der Waals surface area (Å²) in [6.07, 6.45) is 0.548. The molecule has 72 valence electrons. The van der Waals surface area contributed by atoms with Gasteiger partial charge in [0, 0.05) is 6.42 Å². The van der Waals surface area contributed by atoms with Gasteiger partial charge >= 0.3 is 5.97 Å². The molecule has 1 unspecified atom stereocenters. The van der Waals surface area contributed by atoms with Gasteiger partial charge in [0.25, 0.3) is 0 Å². The minimum atomic E-state index is -0.614. The molecule has 0 saturated carbocycles. The van der Waals surface area contributed by atoms with Gasteiger partial charge in [0.15, 0.2) is 12.4 Å². The molecule has 3 heteroatoms. The molecule has 0 spiro atoms. The minimum absolute atomic E-state index is 0.400. The van der Waals surface area contributed by atoms with Crippen LogP contribution in [0.2, 0.25) is 0 Å². The Hall–Kier alpha value is -1.64. The lowest BCUT2D eigenvalue weighted by Crippen LogP contribution is -2.28. The Morgan fingerprint density at radius 2 is 2.29 bits per heavy atom. The number of fused-ring (bicyclic) bond motifs is 1. The van der Waals surface area contributed by atoms with Crippen LogP contribution in [0.25, 0.3) is 0 Å². The molecule has 1 atom stereocenters. The van der Waals surface area contributed by atoms with Crippen LogP contribution in [0.3, 0.4) is 0 Å². The Morgan fingerprint density at radius 3 is 3.00 bits per heavy atom. The molecule has 1 aliphatic rings. The van der Waals surface area contributed by atoms with Crippen LogP contribution in [0.15, 0.2) is 18.2 Å². The number of esters is 1. The summed E-state index contributed by atoms with van der Waals surface area (Å²) < 4.78 is 4.89. The third-order valence-electron chi connectivity index (χ3n) is 2.31. The highest BCUT2D eigenvalue weighted by atomic mass is 16.5. The van der Waals surface area contributed by atoms with E-state index >= 15 is 0 Å². The summed E-state index contributed by atoms with van der Waals surface area (Å²) >= 11 is 0. The first kappa shape index (κ1) is 8.94. The third-order valence-corrected chi connectivity index (χ3v) is 2.31. The quantitative estimate of drug-likeness (QED) is 0.495. The number of aldehydes is 1. The lowest BCUT2D eigenvalue weighted by atomic mass is 9.97. The van der Waals surface area contributed by atoms with Gasteiger partial charge in [-0.05, 0) is 18.6 Å². The van der Waals surface area contributed by atoms with E-state index in [0.717, 1.165) is 11.1 Å². The number of carbonyl (C=O) groups excluding carboxylic acids is 2. The van der Waals surface area contributed by atoms with Gasteiger partial charge in [-0.3, -0.25) is 4.79 Å². The van der Waals surface area contributed by atoms with Crippen molar-refractivity contribution in [1.29, 1.82) is 0 Å². The second kappa shape index (κ2) is 3.25. The van der Waals surface area contributed by atoms with Gasteiger partial charge in [0.2, 0.25) is 0 Å². The smallest absolute Gasteiger partial charge is 0.339 e. The second-order valence-electron chi connectivity index (χ2n) is 3.44. The maximum atomic E-state index is 11.4. The summed E-state index contributed by atoms with van der Waals surface area (Å²) in [7, 11) is 0. The van der Waals surface area contributed by atoms with Crippen molar-refractivity contribution in [2.24, 2.45) is 0 Å². The van der Waals surface area contributed by atoms with Crippen LogP contribution in [0.5, 0.6) is 0 Å². The van der Waals surface area contributed by atoms with Gasteiger partial charge in [0.05, 0.1) is 5.56 Å². The fraction of sp³-hybridized carbons (Fsp3) is 0.273. The van der Waals surface area contributed by atoms with Crippen LogP contribution in [0, 0.1) is 6.92 Å². The predicted octanol–water partition coefficient (Wildman–Crippen LogP) is 1.28. The molecule has 0 aliphatic carbocycles. The molecule has 0 fully saturated rings. The fourth-order valence-electron chi connectivity index (χ4n) is 1.63. The number of carbonyl (C=O) groups is 2. The number of benzene rings is 1. The van der Waals surface area contributed by atoms with E-state index in [1.807, 2.05) is 19.1 Å². The molecular weight excluding hydrogens is 180 g/mol. The number of ether oxygens (including phenoxy) is 1. The number of aryl methyl sites for hydroxylation is 1. The first-order chi connectivity index (χ1) is 6.70. The Bertz CT molecular complexity index is 396. The molecule has 3 nitrogen and oxygen atoms in total. The van der Waals surface area contributed by atoms with E-state index in [4.69, 9.17) is 4.74 Å². The van der Waals surface area contributed by atoms with Crippen molar-refractivity contribution in [3.8, 4) is 0 Å². The van der Waals surface area contributed by atoms with E-state index in [0.29, 0.717) is 18.3 Å². The summed E-state index contributed by atoms with van der Waals surface area (Å²) in [5, 5.41) is 0. The molecule has 0 bridgehead atoms. The van der Waals surface area contributed by atoms with E-state index in [2.05, 4.69) is 0 Å². The highest BCUT2D eigenvalue weighted by molar-refractivity contribution is 5.93. The second-order valence-corrected chi connectivity index (χ2v) is 3.44. The van der Waals surface area contributed by atoms with Crippen LogP contribution in [-0.4, -0.2) is 18.4 Å². The normalized spacial score (nSPS) is 19.8. The van der Waals surface area contributed by atoms with Gasteiger partial charge in [0.1, 0.15) is 0 Å². The van der Waals surface area contributed by atoms with Crippen molar-refractivity contribution in [2.75, 3.05) is 0 Å². The maximum Gasteiger partial charge on any atom is 0.339 e. The molecule has 1 aliphatic heterocycles. The van der Waals surface area contributed by atoms with Crippen LogP contribution in [0.4, 0.5) is 0 Å². The molecule has 2 rings (SSSR count). The van der Waals surface area contributed by atoms with Gasteiger partial charge in [-0.15, -0.1) is 0 Å². The average Bonchev–Trinajstić information content (AvgIpc) is 2.16. The molecule has 1 aromatic rings. The monoisotopic (exact) mass is 190 g/mol. The van der Waals surface area contributed by atoms with Gasteiger partial charge < -0.3 is 4.74 Å². The molecule has 1 heterocycles. The summed E-state index contributed by atoms with van der Waals surface area (Å²) in [5.41, 5.74) is 2.56. The lowest BCUT2D eigenvalue weighted by Gasteiger charge is -2.20. The molecule has 1 aromatic carbocycles. The molecular formula is C11H10O3. The van der Waals surface area contributed by atoms with Crippen LogP contribution < -0.4 is 0 Å². The van der Waals surface area contributed by atoms with E-state index in [-0.39, 0.29) is 0 Å². The Kier molecular flexibility index (Phi) is 2.08. The van der Waals surface area contributed by atoms with Crippen molar-refractivity contribution in [1.82, 2.24) is 0 Å². The molecule has 0 amide bonds. The zero-order valence-electron chi connectivity index (χ0n) is 7.82. The van der Waals surface area contributed by atoms with Gasteiger partial charge in [-0.2, -0.15) is 0 Å². The summed E-state index contributed by atoms with van der Waals surface area (Å²) in [6, 6.07) is 5.53. The largest absolute Gasteiger partial charge is 0.451 e. The maximum absolute atomic E-state index is 11.4. The Labute approximate surface area is 81.7 Å². The number of rotatable bonds is 1. The molecule has 0 radical (unpaired) electrons. The average molecular weight is 190 g/mol. The summed E-state index contributed by atoms with van der Waals surface area (Å²) in [6.45, 7) is 1.95. The zero-order chi connectivity index (χ0) is 10.1. The van der Waals surface area contributed by atoms with Gasteiger partial charge in [-0.1, -0.05) is 17.7 Å². The first-order valence-corrected chi connectivity index (χ1v) is 4.46. The number of hydrogen-bond acceptors (Lipinski definition) is 3. The standard InChI is InChI=1S/C11H10O3/c1-7-2-3-10-8(4-7)5-9(6-12)14-11(10)13/h2-4,6,9H,5H2,1H3. The van der Waals surface area contributed by atoms with Crippen molar-refractivity contribution in [2.45, 2.75) is 19.4 Å². The highest BCUT2D eigenvalue weighted by Crippen LogP contribution is 2.20. The van der Waals surface area contributed by atoms with E-state index in [1.165, 1.54) is 0 Å². The molecule has 0 aromatic heterocycles. The van der Waals surface area contributed by atoms with E-state index in [1.54, 1.807) is 6.07 Å². The molecule has 0 N–H and O–H groups in total. The first-order valence-electron chi connectivity index (χ1n) is 4.46. The summed E-state index contributed by atoms with van der Waals surface area (Å²) in [4.78, 5) is 21.9. The number of hydrogen-bond donors (Lipinski definition) is 0. The molecule has 14 heavy (non-hydrogen) atoms. The third kappa shape index (κ3) is 1.41. The van der Waals surface area contributed by atoms with Crippen molar-refractivity contribution < 1.29 is 14.3 Å². The SMILES string of the molecule is Cc1ccc2c(c1)CC(C=O)OC2=O. The Balaban J connectivity index is 2.45. The fourth-order valence-corrected chi connectivity index (χ4v) is 1.63. The Morgan fingerprint density at radius 1 is 1.50 bits per heavy atom. The zero-order valence-corrected chi connectivity index (χ0v) is 7.82. The van der Waals surface area contributed by atoms with Crippen molar-refractivity contribution in [3.05, 3.63) is 34.9 Å². The van der Waals surface area contributed by atoms with E-state index < -0.39 is 12.1 Å². The molecule has 0 saturated heterocycles. The van der Waals surface area contributed by atoms with Crippen molar-refractivity contribution >= 4 is 12.3 Å². The summed E-state index contributed by atoms with van der Waals surface area (Å²) in [5.74, 6) is -0.400. The topological polar surface area (TPSA) is 43.4 Å². The lowest BCUT2D eigenvalue weighted by molar-refractivity contribution is -0.115. The number of cyclic esters (lactones) is 1. The van der Waals surface area contributed by atoms with Crippen LogP contribution >= 0.6 is 0 Å². The van der Waals surface area contributed by atoms with Crippen molar-refractivity contribution in [3.63, 3.8) is 0 Å². The van der Waals surface area contributed by atoms with Crippen LogP contribution in [0.1, 0.15) is 21.5 Å². The van der Waals surface area contributed by atoms with Crippen LogP contribution in [-0.2, 0) is 16.0 Å². The minimum Gasteiger partial charge on any atom is -0.451 e. The van der Waals surface area contributed by atoms with E-state index in [9.17, 15) is 9.59 Å². The van der Waals surface area contributed by atoms with Gasteiger partial charge in [-0.25, -0.2) is 4.79 Å². The highest BCUT2D eigenvalue weighted by Gasteiger charge is 2.25.